The van der Waals surface area contributed by atoms with Gasteiger partial charge >= 0.3 is 0 Å². The van der Waals surface area contributed by atoms with Gasteiger partial charge in [-0.15, -0.1) is 0 Å². The van der Waals surface area contributed by atoms with Crippen LogP contribution in [0.5, 0.6) is 0 Å². The molecule has 92 valence electrons. The van der Waals surface area contributed by atoms with Crippen LogP contribution in [-0.4, -0.2) is 11.9 Å². The average Bonchev–Trinajstić information content (AvgIpc) is 3.06. The zero-order chi connectivity index (χ0) is 12.8. The maximum Gasteiger partial charge on any atom is 0.250 e. The molecule has 1 aliphatic rings. The summed E-state index contributed by atoms with van der Waals surface area (Å²) in [4.78, 5) is 11.6. The number of nitrogens with one attached hydrogen (secondary N) is 1. The normalized spacial score (nSPS) is 15.7. The molecule has 0 radical (unpaired) electrons. The fraction of sp³-hybridized carbons (Fsp3) is 0.400. The van der Waals surface area contributed by atoms with Crippen molar-refractivity contribution in [1.29, 1.82) is 0 Å². The first-order valence-corrected chi connectivity index (χ1v) is 6.04. The Morgan fingerprint density at radius 1 is 1.24 bits per heavy atom. The van der Waals surface area contributed by atoms with E-state index in [-0.39, 0.29) is 5.91 Å². The van der Waals surface area contributed by atoms with Crippen LogP contribution in [0.15, 0.2) is 48.6 Å². The third-order valence-electron chi connectivity index (χ3n) is 2.40. The van der Waals surface area contributed by atoms with Crippen molar-refractivity contribution in [2.45, 2.75) is 32.7 Å². The van der Waals surface area contributed by atoms with Gasteiger partial charge < -0.3 is 5.32 Å². The van der Waals surface area contributed by atoms with E-state index in [9.17, 15) is 4.79 Å². The Balaban J connectivity index is 2.38. The zero-order valence-corrected chi connectivity index (χ0v) is 10.7. The summed E-state index contributed by atoms with van der Waals surface area (Å²) in [5, 5.41) is 2.89. The maximum absolute atomic E-state index is 11.6. The highest BCUT2D eigenvalue weighted by atomic mass is 16.1. The first kappa shape index (κ1) is 13.5. The largest absolute Gasteiger partial charge is 0.349 e. The minimum Gasteiger partial charge on any atom is -0.349 e. The highest BCUT2D eigenvalue weighted by Gasteiger charge is 2.23. The molecule has 1 saturated carbocycles. The van der Waals surface area contributed by atoms with Crippen LogP contribution in [0.1, 0.15) is 26.7 Å². The van der Waals surface area contributed by atoms with Crippen LogP contribution in [0.4, 0.5) is 0 Å². The topological polar surface area (TPSA) is 29.1 Å². The van der Waals surface area contributed by atoms with Gasteiger partial charge in [-0.3, -0.25) is 4.79 Å². The highest BCUT2D eigenvalue weighted by molar-refractivity contribution is 5.95. The summed E-state index contributed by atoms with van der Waals surface area (Å²) in [6.45, 7) is 11.8. The molecular weight excluding hydrogens is 210 g/mol. The predicted molar refractivity (Wildman–Crippen MR) is 72.6 cm³/mol. The van der Waals surface area contributed by atoms with Crippen molar-refractivity contribution in [2.75, 3.05) is 0 Å². The first-order chi connectivity index (χ1) is 7.99. The van der Waals surface area contributed by atoms with Gasteiger partial charge in [0, 0.05) is 11.6 Å². The summed E-state index contributed by atoms with van der Waals surface area (Å²) in [6, 6.07) is 0.372. The number of hydrogen-bond acceptors (Lipinski definition) is 1. The van der Waals surface area contributed by atoms with Crippen molar-refractivity contribution in [3.05, 3.63) is 48.6 Å². The third kappa shape index (κ3) is 5.91. The summed E-state index contributed by atoms with van der Waals surface area (Å²) in [5.74, 6) is 0.422. The molecule has 0 bridgehead atoms. The summed E-state index contributed by atoms with van der Waals surface area (Å²) >= 11 is 0. The quantitative estimate of drug-likeness (QED) is 0.552. The van der Waals surface area contributed by atoms with Gasteiger partial charge in [0.25, 0.3) is 5.91 Å². The number of amides is 1. The molecule has 0 aromatic rings. The molecule has 1 fully saturated rings. The molecule has 0 aliphatic heterocycles. The van der Waals surface area contributed by atoms with E-state index in [0.717, 1.165) is 18.4 Å². The smallest absolute Gasteiger partial charge is 0.250 e. The molecule has 1 amide bonds. The van der Waals surface area contributed by atoms with E-state index in [1.165, 1.54) is 0 Å². The molecule has 0 heterocycles. The Morgan fingerprint density at radius 3 is 2.41 bits per heavy atom. The molecule has 0 unspecified atom stereocenters. The van der Waals surface area contributed by atoms with Crippen LogP contribution in [0.3, 0.4) is 0 Å². The van der Waals surface area contributed by atoms with E-state index >= 15 is 0 Å². The van der Waals surface area contributed by atoms with E-state index in [4.69, 9.17) is 0 Å². The molecule has 0 aromatic carbocycles. The Bertz CT molecular complexity index is 370. The lowest BCUT2D eigenvalue weighted by Crippen LogP contribution is -2.25. The third-order valence-corrected chi connectivity index (χ3v) is 2.40. The van der Waals surface area contributed by atoms with E-state index in [2.05, 4.69) is 38.4 Å². The number of allylic oxidation sites excluding steroid dienone is 4. The van der Waals surface area contributed by atoms with Gasteiger partial charge in [0.05, 0.1) is 0 Å². The molecule has 2 heteroatoms. The second-order valence-corrected chi connectivity index (χ2v) is 4.78. The van der Waals surface area contributed by atoms with Gasteiger partial charge in [-0.25, -0.2) is 0 Å². The number of carbonyl (C=O) groups excluding carboxylic acids is 1. The Hall–Kier alpha value is -1.57. The van der Waals surface area contributed by atoms with Crippen LogP contribution >= 0.6 is 0 Å². The van der Waals surface area contributed by atoms with E-state index in [0.29, 0.717) is 17.5 Å². The number of rotatable bonds is 6. The average molecular weight is 231 g/mol. The van der Waals surface area contributed by atoms with Crippen molar-refractivity contribution < 1.29 is 4.79 Å². The summed E-state index contributed by atoms with van der Waals surface area (Å²) in [5.41, 5.74) is 1.36. The van der Waals surface area contributed by atoms with Crippen molar-refractivity contribution in [2.24, 2.45) is 5.92 Å². The van der Waals surface area contributed by atoms with Crippen LogP contribution in [0, 0.1) is 5.92 Å². The lowest BCUT2D eigenvalue weighted by molar-refractivity contribution is -0.117. The SMILES string of the molecule is C=C(C=CC(=C)C(=O)NC1CC1)C=CC(C)C. The second kappa shape index (κ2) is 6.24. The number of hydrogen-bond donors (Lipinski definition) is 1. The van der Waals surface area contributed by atoms with Crippen LogP contribution in [0.25, 0.3) is 0 Å². The Kier molecular flexibility index (Phi) is 4.95. The molecule has 0 aromatic heterocycles. The molecular formula is C15H21NO. The van der Waals surface area contributed by atoms with Crippen molar-refractivity contribution in [3.63, 3.8) is 0 Å². The molecule has 0 atom stereocenters. The minimum atomic E-state index is -0.0793. The molecule has 0 spiro atoms. The lowest BCUT2D eigenvalue weighted by Gasteiger charge is -2.01. The van der Waals surface area contributed by atoms with Crippen LogP contribution < -0.4 is 5.32 Å². The second-order valence-electron chi connectivity index (χ2n) is 4.78. The van der Waals surface area contributed by atoms with Crippen LogP contribution in [-0.2, 0) is 4.79 Å². The van der Waals surface area contributed by atoms with E-state index < -0.39 is 0 Å². The molecule has 2 nitrogen and oxygen atoms in total. The summed E-state index contributed by atoms with van der Waals surface area (Å²) in [7, 11) is 0. The van der Waals surface area contributed by atoms with E-state index in [1.807, 2.05) is 12.2 Å². The minimum absolute atomic E-state index is 0.0793. The van der Waals surface area contributed by atoms with Crippen molar-refractivity contribution in [1.82, 2.24) is 5.32 Å². The van der Waals surface area contributed by atoms with Crippen molar-refractivity contribution >= 4 is 5.91 Å². The molecule has 1 rings (SSSR count). The van der Waals surface area contributed by atoms with Gasteiger partial charge in [-0.2, -0.15) is 0 Å². The monoisotopic (exact) mass is 231 g/mol. The zero-order valence-electron chi connectivity index (χ0n) is 10.7. The Labute approximate surface area is 104 Å². The van der Waals surface area contributed by atoms with E-state index in [1.54, 1.807) is 6.08 Å². The molecule has 17 heavy (non-hydrogen) atoms. The van der Waals surface area contributed by atoms with Crippen LogP contribution in [0.2, 0.25) is 0 Å². The summed E-state index contributed by atoms with van der Waals surface area (Å²) < 4.78 is 0. The fourth-order valence-electron chi connectivity index (χ4n) is 1.16. The standard InChI is InChI=1S/C15H21NO/c1-11(2)5-6-12(3)7-8-13(4)15(17)16-14-9-10-14/h5-8,11,14H,3-4,9-10H2,1-2H3,(H,16,17). The van der Waals surface area contributed by atoms with Gasteiger partial charge in [0.2, 0.25) is 0 Å². The lowest BCUT2D eigenvalue weighted by atomic mass is 10.1. The number of carbonyl (C=O) groups is 1. The molecule has 0 saturated heterocycles. The highest BCUT2D eigenvalue weighted by Crippen LogP contribution is 2.19. The fourth-order valence-corrected chi connectivity index (χ4v) is 1.16. The first-order valence-electron chi connectivity index (χ1n) is 6.04. The maximum atomic E-state index is 11.6. The predicted octanol–water partition coefficient (Wildman–Crippen LogP) is 3.15. The Morgan fingerprint density at radius 2 is 1.88 bits per heavy atom. The van der Waals surface area contributed by atoms with Gasteiger partial charge in [0.1, 0.15) is 0 Å². The van der Waals surface area contributed by atoms with Crippen molar-refractivity contribution in [3.8, 4) is 0 Å². The van der Waals surface area contributed by atoms with Gasteiger partial charge in [-0.1, -0.05) is 45.2 Å². The molecule has 1 aliphatic carbocycles. The molecule has 1 N–H and O–H groups in total. The van der Waals surface area contributed by atoms with Gasteiger partial charge in [-0.05, 0) is 30.4 Å². The summed E-state index contributed by atoms with van der Waals surface area (Å²) in [6.07, 6.45) is 9.73. The van der Waals surface area contributed by atoms with Gasteiger partial charge in [0.15, 0.2) is 0 Å².